The van der Waals surface area contributed by atoms with Gasteiger partial charge in [0.2, 0.25) is 0 Å². The Bertz CT molecular complexity index is 395. The Balaban J connectivity index is 3.17. The lowest BCUT2D eigenvalue weighted by molar-refractivity contribution is 0.0336. The summed E-state index contributed by atoms with van der Waals surface area (Å²) >= 11 is 3.02. The van der Waals surface area contributed by atoms with Crippen molar-refractivity contribution in [2.24, 2.45) is 0 Å². The van der Waals surface area contributed by atoms with Crippen LogP contribution in [0.15, 0.2) is 18.2 Å². The van der Waals surface area contributed by atoms with Gasteiger partial charge in [-0.1, -0.05) is 22.0 Å². The van der Waals surface area contributed by atoms with E-state index in [1.165, 1.54) is 13.0 Å². The van der Waals surface area contributed by atoms with Crippen LogP contribution in [0.1, 0.15) is 28.9 Å². The van der Waals surface area contributed by atoms with E-state index in [1.54, 1.807) is 0 Å². The molecule has 1 rings (SSSR count). The molecular weight excluding hydrogens is 279 g/mol. The Kier molecular flexibility index (Phi) is 4.58. The highest BCUT2D eigenvalue weighted by atomic mass is 79.9. The molecule has 2 N–H and O–H groups in total. The van der Waals surface area contributed by atoms with Gasteiger partial charge in [0.15, 0.2) is 5.78 Å². The fourth-order valence-corrected chi connectivity index (χ4v) is 1.74. The second-order valence-corrected chi connectivity index (χ2v) is 4.10. The van der Waals surface area contributed by atoms with Crippen molar-refractivity contribution in [3.63, 3.8) is 0 Å². The average molecular weight is 291 g/mol. The molecule has 0 amide bonds. The second kappa shape index (κ2) is 5.52. The van der Waals surface area contributed by atoms with Crippen molar-refractivity contribution in [1.82, 2.24) is 0 Å². The lowest BCUT2D eigenvalue weighted by atomic mass is 9.97. The summed E-state index contributed by atoms with van der Waals surface area (Å²) in [6.45, 7) is 1.28. The van der Waals surface area contributed by atoms with E-state index in [-0.39, 0.29) is 22.2 Å². The first kappa shape index (κ1) is 13.3. The molecule has 1 aromatic carbocycles. The highest BCUT2D eigenvalue weighted by Crippen LogP contribution is 2.23. The number of aliphatic hydroxyl groups is 2. The Morgan fingerprint density at radius 3 is 2.62 bits per heavy atom. The molecule has 0 aromatic heterocycles. The lowest BCUT2D eigenvalue weighted by Gasteiger charge is -2.18. The first-order valence-corrected chi connectivity index (χ1v) is 5.82. The Morgan fingerprint density at radius 1 is 1.50 bits per heavy atom. The normalized spacial score (nSPS) is 14.6. The van der Waals surface area contributed by atoms with E-state index < -0.39 is 18.0 Å². The minimum Gasteiger partial charge on any atom is -0.389 e. The average Bonchev–Trinajstić information content (AvgIpc) is 2.26. The van der Waals surface area contributed by atoms with E-state index >= 15 is 0 Å². The molecule has 0 heterocycles. The molecule has 3 nitrogen and oxygen atoms in total. The van der Waals surface area contributed by atoms with Crippen molar-refractivity contribution < 1.29 is 19.4 Å². The van der Waals surface area contributed by atoms with Crippen LogP contribution in [-0.4, -0.2) is 27.4 Å². The number of rotatable bonds is 4. The van der Waals surface area contributed by atoms with Crippen molar-refractivity contribution >= 4 is 21.7 Å². The molecule has 5 heteroatoms. The fraction of sp³-hybridized carbons (Fsp3) is 0.364. The molecule has 0 aliphatic carbocycles. The molecule has 2 atom stereocenters. The maximum Gasteiger partial charge on any atom is 0.160 e. The molecule has 0 aliphatic rings. The number of carbonyl (C=O) groups excluding carboxylic acids is 1. The number of alkyl halides is 1. The van der Waals surface area contributed by atoms with E-state index in [2.05, 4.69) is 15.9 Å². The smallest absolute Gasteiger partial charge is 0.160 e. The predicted molar refractivity (Wildman–Crippen MR) is 61.2 cm³/mol. The highest BCUT2D eigenvalue weighted by Gasteiger charge is 2.22. The van der Waals surface area contributed by atoms with Crippen LogP contribution in [0, 0.1) is 5.82 Å². The number of Topliss-reactive ketones (excluding diaryl/α,β-unsaturated/α-hetero) is 1. The van der Waals surface area contributed by atoms with E-state index in [0.717, 1.165) is 12.1 Å². The van der Waals surface area contributed by atoms with Gasteiger partial charge in [0.1, 0.15) is 11.9 Å². The van der Waals surface area contributed by atoms with Crippen LogP contribution < -0.4 is 0 Å². The number of carbonyl (C=O) groups is 1. The van der Waals surface area contributed by atoms with Gasteiger partial charge in [-0.2, -0.15) is 0 Å². The zero-order chi connectivity index (χ0) is 12.3. The molecule has 88 valence electrons. The summed E-state index contributed by atoms with van der Waals surface area (Å²) in [5, 5.41) is 19.4. The molecule has 1 aromatic rings. The first-order chi connectivity index (χ1) is 7.47. The van der Waals surface area contributed by atoms with Crippen LogP contribution in [0.5, 0.6) is 0 Å². The molecule has 16 heavy (non-hydrogen) atoms. The highest BCUT2D eigenvalue weighted by molar-refractivity contribution is 9.09. The van der Waals surface area contributed by atoms with Crippen LogP contribution in [0.25, 0.3) is 0 Å². The van der Waals surface area contributed by atoms with Crippen molar-refractivity contribution in [3.05, 3.63) is 35.1 Å². The summed E-state index contributed by atoms with van der Waals surface area (Å²) in [4.78, 5) is 11.3. The number of aliphatic hydroxyl groups excluding tert-OH is 2. The van der Waals surface area contributed by atoms with Gasteiger partial charge in [-0.05, 0) is 24.6 Å². The molecule has 0 fully saturated rings. The van der Waals surface area contributed by atoms with Crippen LogP contribution in [-0.2, 0) is 0 Å². The van der Waals surface area contributed by atoms with Crippen LogP contribution >= 0.6 is 15.9 Å². The number of benzene rings is 1. The number of halogens is 2. The van der Waals surface area contributed by atoms with Crippen molar-refractivity contribution in [3.8, 4) is 0 Å². The third kappa shape index (κ3) is 2.87. The van der Waals surface area contributed by atoms with Gasteiger partial charge in [-0.25, -0.2) is 4.39 Å². The van der Waals surface area contributed by atoms with Gasteiger partial charge in [0, 0.05) is 10.9 Å². The summed E-state index contributed by atoms with van der Waals surface area (Å²) < 4.78 is 12.9. The molecule has 0 aliphatic heterocycles. The van der Waals surface area contributed by atoms with Crippen molar-refractivity contribution in [2.45, 2.75) is 19.1 Å². The Labute approximate surface area is 101 Å². The molecule has 0 spiro atoms. The van der Waals surface area contributed by atoms with Gasteiger partial charge < -0.3 is 10.2 Å². The third-order valence-electron chi connectivity index (χ3n) is 2.24. The Morgan fingerprint density at radius 2 is 2.12 bits per heavy atom. The molecular formula is C11H12BrFO3. The summed E-state index contributed by atoms with van der Waals surface area (Å²) in [5.74, 6) is -0.898. The molecule has 0 bridgehead atoms. The minimum absolute atomic E-state index is 0.0903. The zero-order valence-corrected chi connectivity index (χ0v) is 10.2. The number of hydrogen-bond acceptors (Lipinski definition) is 3. The van der Waals surface area contributed by atoms with Gasteiger partial charge in [0.05, 0.1) is 6.10 Å². The minimum atomic E-state index is -1.21. The zero-order valence-electron chi connectivity index (χ0n) is 8.65. The summed E-state index contributed by atoms with van der Waals surface area (Å²) in [7, 11) is 0. The summed E-state index contributed by atoms with van der Waals surface area (Å²) in [6.07, 6.45) is -2.25. The fourth-order valence-electron chi connectivity index (χ4n) is 1.38. The summed E-state index contributed by atoms with van der Waals surface area (Å²) in [6, 6.07) is 3.51. The predicted octanol–water partition coefficient (Wildman–Crippen LogP) is 1.82. The topological polar surface area (TPSA) is 57.5 Å². The quantitative estimate of drug-likeness (QED) is 0.657. The summed E-state index contributed by atoms with van der Waals surface area (Å²) in [5.41, 5.74) is 0.327. The van der Waals surface area contributed by atoms with Crippen LogP contribution in [0.4, 0.5) is 4.39 Å². The third-order valence-corrected chi connectivity index (χ3v) is 2.90. The number of ketones is 1. The maximum absolute atomic E-state index is 12.9. The SMILES string of the molecule is CC(=O)c1cc(F)ccc1C(O)C(O)CBr. The standard InChI is InChI=1S/C11H12BrFO3/c1-6(14)9-4-7(13)2-3-8(9)11(16)10(15)5-12/h2-4,10-11,15-16H,5H2,1H3. The van der Waals surface area contributed by atoms with E-state index in [4.69, 9.17) is 0 Å². The second-order valence-electron chi connectivity index (χ2n) is 3.45. The molecule has 0 radical (unpaired) electrons. The molecule has 0 saturated heterocycles. The maximum atomic E-state index is 12.9. The van der Waals surface area contributed by atoms with Gasteiger partial charge in [-0.3, -0.25) is 4.79 Å². The van der Waals surface area contributed by atoms with E-state index in [9.17, 15) is 19.4 Å². The molecule has 2 unspecified atom stereocenters. The lowest BCUT2D eigenvalue weighted by Crippen LogP contribution is -2.21. The first-order valence-electron chi connectivity index (χ1n) is 4.70. The van der Waals surface area contributed by atoms with Gasteiger partial charge >= 0.3 is 0 Å². The largest absolute Gasteiger partial charge is 0.389 e. The van der Waals surface area contributed by atoms with Gasteiger partial charge in [0.25, 0.3) is 0 Å². The van der Waals surface area contributed by atoms with Crippen molar-refractivity contribution in [1.29, 1.82) is 0 Å². The Hall–Kier alpha value is -0.780. The van der Waals surface area contributed by atoms with Crippen LogP contribution in [0.3, 0.4) is 0 Å². The van der Waals surface area contributed by atoms with E-state index in [0.29, 0.717) is 0 Å². The van der Waals surface area contributed by atoms with Crippen molar-refractivity contribution in [2.75, 3.05) is 5.33 Å². The van der Waals surface area contributed by atoms with E-state index in [1.807, 2.05) is 0 Å². The number of hydrogen-bond donors (Lipinski definition) is 2. The van der Waals surface area contributed by atoms with Crippen LogP contribution in [0.2, 0.25) is 0 Å². The monoisotopic (exact) mass is 290 g/mol. The molecule has 0 saturated carbocycles. The van der Waals surface area contributed by atoms with Gasteiger partial charge in [-0.15, -0.1) is 0 Å².